The number of likely N-dealkylation sites (N-methyl/N-ethyl adjacent to an activating group) is 1. The first kappa shape index (κ1) is 23.8. The Morgan fingerprint density at radius 2 is 1.75 bits per heavy atom. The summed E-state index contributed by atoms with van der Waals surface area (Å²) in [5.74, 6) is -0.330. The molecule has 170 valence electrons. The number of fused-ring (bicyclic) bond motifs is 1. The van der Waals surface area contributed by atoms with Crippen LogP contribution in [0.4, 0.5) is 10.5 Å². The van der Waals surface area contributed by atoms with Crippen molar-refractivity contribution in [2.24, 2.45) is 10.4 Å². The molecule has 32 heavy (non-hydrogen) atoms. The van der Waals surface area contributed by atoms with Gasteiger partial charge in [-0.1, -0.05) is 62.7 Å². The zero-order valence-electron chi connectivity index (χ0n) is 19.5. The molecular formula is C25H31ClN4O2. The van der Waals surface area contributed by atoms with Crippen molar-refractivity contribution >= 4 is 34.9 Å². The summed E-state index contributed by atoms with van der Waals surface area (Å²) in [4.78, 5) is 32.3. The van der Waals surface area contributed by atoms with E-state index in [0.29, 0.717) is 16.4 Å². The van der Waals surface area contributed by atoms with Crippen LogP contribution >= 0.6 is 11.6 Å². The van der Waals surface area contributed by atoms with Gasteiger partial charge in [-0.05, 0) is 43.9 Å². The van der Waals surface area contributed by atoms with E-state index in [1.54, 1.807) is 25.2 Å². The van der Waals surface area contributed by atoms with Gasteiger partial charge in [0.1, 0.15) is 0 Å². The topological polar surface area (TPSA) is 73.8 Å². The highest BCUT2D eigenvalue weighted by Crippen LogP contribution is 2.30. The standard InChI is InChI=1S/C25H31ClN4O2/c1-24(2,3)15-25(4,5)29-23(32)28-21-22(31)30(6)19-13-12-17(26)14-18(19)20(27-21)16-10-8-7-9-11-16/h7-14,21H,15H2,1-6H3,(H2,28,29,32). The first-order chi connectivity index (χ1) is 14.9. The summed E-state index contributed by atoms with van der Waals surface area (Å²) in [6.45, 7) is 10.3. The van der Waals surface area contributed by atoms with Crippen LogP contribution in [0.25, 0.3) is 0 Å². The molecule has 6 nitrogen and oxygen atoms in total. The Kier molecular flexibility index (Phi) is 6.65. The van der Waals surface area contributed by atoms with Crippen molar-refractivity contribution in [3.05, 3.63) is 64.7 Å². The van der Waals surface area contributed by atoms with Gasteiger partial charge in [0.25, 0.3) is 5.91 Å². The van der Waals surface area contributed by atoms with Gasteiger partial charge in [-0.15, -0.1) is 0 Å². The molecule has 0 bridgehead atoms. The first-order valence-corrected chi connectivity index (χ1v) is 11.0. The van der Waals surface area contributed by atoms with E-state index in [0.717, 1.165) is 17.5 Å². The molecule has 1 aliphatic heterocycles. The van der Waals surface area contributed by atoms with Crippen LogP contribution in [0.1, 0.15) is 52.2 Å². The fourth-order valence-corrected chi connectivity index (χ4v) is 4.48. The molecule has 3 amide bonds. The van der Waals surface area contributed by atoms with Gasteiger partial charge in [-0.3, -0.25) is 4.79 Å². The van der Waals surface area contributed by atoms with Crippen LogP contribution in [-0.2, 0) is 4.79 Å². The number of halogens is 1. The maximum absolute atomic E-state index is 13.2. The van der Waals surface area contributed by atoms with E-state index in [1.165, 1.54) is 4.90 Å². The van der Waals surface area contributed by atoms with Gasteiger partial charge in [0.2, 0.25) is 6.17 Å². The molecule has 1 atom stereocenters. The van der Waals surface area contributed by atoms with Crippen LogP contribution in [0.3, 0.4) is 0 Å². The molecule has 7 heteroatoms. The number of nitrogens with zero attached hydrogens (tertiary/aromatic N) is 2. The van der Waals surface area contributed by atoms with E-state index in [4.69, 9.17) is 16.6 Å². The van der Waals surface area contributed by atoms with Gasteiger partial charge in [0, 0.05) is 28.7 Å². The SMILES string of the molecule is CN1C(=O)C(NC(=O)NC(C)(C)CC(C)(C)C)N=C(c2ccccc2)c2cc(Cl)ccc21. The molecule has 0 fully saturated rings. The number of urea groups is 1. The monoisotopic (exact) mass is 454 g/mol. The number of aliphatic imine (C=N–C) groups is 1. The lowest BCUT2D eigenvalue weighted by Crippen LogP contribution is -2.55. The van der Waals surface area contributed by atoms with Crippen molar-refractivity contribution in [1.82, 2.24) is 10.6 Å². The lowest BCUT2D eigenvalue weighted by molar-refractivity contribution is -0.119. The lowest BCUT2D eigenvalue weighted by atomic mass is 9.82. The Morgan fingerprint density at radius 3 is 2.38 bits per heavy atom. The quantitative estimate of drug-likeness (QED) is 0.682. The number of carbonyl (C=O) groups excluding carboxylic acids is 2. The number of benzene rings is 2. The van der Waals surface area contributed by atoms with Gasteiger partial charge in [0.15, 0.2) is 0 Å². The minimum absolute atomic E-state index is 0.0364. The van der Waals surface area contributed by atoms with E-state index in [-0.39, 0.29) is 11.3 Å². The Hall–Kier alpha value is -2.86. The van der Waals surface area contributed by atoms with Crippen LogP contribution in [0.15, 0.2) is 53.5 Å². The summed E-state index contributed by atoms with van der Waals surface area (Å²) in [6, 6.07) is 14.5. The molecule has 0 aliphatic carbocycles. The Morgan fingerprint density at radius 1 is 1.09 bits per heavy atom. The van der Waals surface area contributed by atoms with Crippen LogP contribution in [0, 0.1) is 5.41 Å². The molecule has 1 aliphatic rings. The van der Waals surface area contributed by atoms with Crippen LogP contribution in [-0.4, -0.2) is 36.4 Å². The maximum Gasteiger partial charge on any atom is 0.317 e. The fraction of sp³-hybridized carbons (Fsp3) is 0.400. The number of nitrogens with one attached hydrogen (secondary N) is 2. The number of amides is 3. The number of anilines is 1. The van der Waals surface area contributed by atoms with E-state index in [9.17, 15) is 9.59 Å². The van der Waals surface area contributed by atoms with E-state index in [2.05, 4.69) is 31.4 Å². The van der Waals surface area contributed by atoms with Crippen LogP contribution in [0.2, 0.25) is 5.02 Å². The molecule has 2 aromatic rings. The summed E-state index contributed by atoms with van der Waals surface area (Å²) in [5, 5.41) is 6.30. The number of rotatable bonds is 4. The second kappa shape index (κ2) is 8.94. The van der Waals surface area contributed by atoms with Crippen molar-refractivity contribution in [2.45, 2.75) is 52.7 Å². The molecule has 0 radical (unpaired) electrons. The van der Waals surface area contributed by atoms with Gasteiger partial charge < -0.3 is 15.5 Å². The number of carbonyl (C=O) groups is 2. The largest absolute Gasteiger partial charge is 0.333 e. The summed E-state index contributed by atoms with van der Waals surface area (Å²) in [5.41, 5.74) is 2.43. The van der Waals surface area contributed by atoms with Crippen LogP contribution < -0.4 is 15.5 Å². The van der Waals surface area contributed by atoms with E-state index in [1.807, 2.05) is 44.2 Å². The second-order valence-corrected chi connectivity index (χ2v) is 10.5. The van der Waals surface area contributed by atoms with Crippen LogP contribution in [0.5, 0.6) is 0 Å². The van der Waals surface area contributed by atoms with E-state index >= 15 is 0 Å². The van der Waals surface area contributed by atoms with Gasteiger partial charge in [0.05, 0.1) is 11.4 Å². The summed E-state index contributed by atoms with van der Waals surface area (Å²) in [7, 11) is 1.68. The molecular weight excluding hydrogens is 424 g/mol. The predicted molar refractivity (Wildman–Crippen MR) is 131 cm³/mol. The highest BCUT2D eigenvalue weighted by molar-refractivity contribution is 6.32. The van der Waals surface area contributed by atoms with Crippen molar-refractivity contribution in [3.63, 3.8) is 0 Å². The predicted octanol–water partition coefficient (Wildman–Crippen LogP) is 4.99. The molecule has 0 aromatic heterocycles. The number of benzodiazepines with no additional fused rings is 1. The molecule has 3 rings (SSSR count). The summed E-state index contributed by atoms with van der Waals surface area (Å²) in [6.07, 6.45) is -0.305. The van der Waals surface area contributed by atoms with Gasteiger partial charge in [-0.25, -0.2) is 9.79 Å². The average molecular weight is 455 g/mol. The Labute approximate surface area is 195 Å². The van der Waals surface area contributed by atoms with Crippen molar-refractivity contribution in [1.29, 1.82) is 0 Å². The number of hydrogen-bond acceptors (Lipinski definition) is 3. The zero-order chi connectivity index (χ0) is 23.7. The zero-order valence-corrected chi connectivity index (χ0v) is 20.2. The third-order valence-electron chi connectivity index (χ3n) is 5.14. The van der Waals surface area contributed by atoms with Crippen molar-refractivity contribution in [3.8, 4) is 0 Å². The average Bonchev–Trinajstić information content (AvgIpc) is 2.76. The number of hydrogen-bond donors (Lipinski definition) is 2. The molecule has 0 spiro atoms. The highest BCUT2D eigenvalue weighted by atomic mass is 35.5. The summed E-state index contributed by atoms with van der Waals surface area (Å²) >= 11 is 6.27. The molecule has 2 N–H and O–H groups in total. The highest BCUT2D eigenvalue weighted by Gasteiger charge is 2.33. The molecule has 2 aromatic carbocycles. The smallest absolute Gasteiger partial charge is 0.317 e. The molecule has 0 saturated carbocycles. The van der Waals surface area contributed by atoms with Gasteiger partial charge in [-0.2, -0.15) is 0 Å². The molecule has 0 saturated heterocycles. The minimum Gasteiger partial charge on any atom is -0.333 e. The first-order valence-electron chi connectivity index (χ1n) is 10.7. The third kappa shape index (κ3) is 5.68. The lowest BCUT2D eigenvalue weighted by Gasteiger charge is -2.33. The normalized spacial score (nSPS) is 16.7. The fourth-order valence-electron chi connectivity index (χ4n) is 4.30. The van der Waals surface area contributed by atoms with Gasteiger partial charge >= 0.3 is 6.03 Å². The second-order valence-electron chi connectivity index (χ2n) is 10.0. The van der Waals surface area contributed by atoms with Crippen molar-refractivity contribution in [2.75, 3.05) is 11.9 Å². The Bertz CT molecular complexity index is 1040. The molecule has 1 unspecified atom stereocenters. The van der Waals surface area contributed by atoms with Crippen molar-refractivity contribution < 1.29 is 9.59 Å². The summed E-state index contributed by atoms with van der Waals surface area (Å²) < 4.78 is 0. The third-order valence-corrected chi connectivity index (χ3v) is 5.37. The van der Waals surface area contributed by atoms with E-state index < -0.39 is 17.7 Å². The minimum atomic E-state index is -1.08. The Balaban J connectivity index is 1.97. The maximum atomic E-state index is 13.2. The molecule has 1 heterocycles.